The number of rotatable bonds is 5. The smallest absolute Gasteiger partial charge is 0.381 e. The number of carbonyl (C=O) groups excluding carboxylic acids is 1. The van der Waals surface area contributed by atoms with Gasteiger partial charge in [0.15, 0.2) is 5.82 Å². The Bertz CT molecular complexity index is 825. The minimum absolute atomic E-state index is 0.230. The van der Waals surface area contributed by atoms with Crippen molar-refractivity contribution in [1.29, 1.82) is 0 Å². The first kappa shape index (κ1) is 21.2. The summed E-state index contributed by atoms with van der Waals surface area (Å²) in [7, 11) is 0. The van der Waals surface area contributed by atoms with Gasteiger partial charge in [-0.25, -0.2) is 4.79 Å². The van der Waals surface area contributed by atoms with Crippen LogP contribution in [0.4, 0.5) is 23.8 Å². The molecular weight excluding hydrogens is 387 g/mol. The third kappa shape index (κ3) is 5.50. The number of hydrogen-bond acceptors (Lipinski definition) is 4. The zero-order valence-electron chi connectivity index (χ0n) is 16.3. The Morgan fingerprint density at radius 2 is 1.76 bits per heavy atom. The van der Waals surface area contributed by atoms with Crippen LogP contribution in [0.5, 0.6) is 0 Å². The Kier molecular flexibility index (Phi) is 6.16. The van der Waals surface area contributed by atoms with Gasteiger partial charge in [0.05, 0.1) is 5.56 Å². The molecule has 1 aromatic carbocycles. The number of ether oxygens (including phenoxy) is 1. The highest BCUT2D eigenvalue weighted by Gasteiger charge is 2.31. The molecule has 6 nitrogen and oxygen atoms in total. The molecule has 0 saturated carbocycles. The predicted molar refractivity (Wildman–Crippen MR) is 101 cm³/mol. The monoisotopic (exact) mass is 411 g/mol. The molecule has 158 valence electrons. The topological polar surface area (TPSA) is 76.4 Å². The van der Waals surface area contributed by atoms with E-state index in [2.05, 4.69) is 15.8 Å². The molecule has 9 heteroatoms. The molecule has 0 bridgehead atoms. The Balaban J connectivity index is 1.53. The Morgan fingerprint density at radius 1 is 1.14 bits per heavy atom. The SMILES string of the molecule is CC(C)(CNC(=O)Nc1cc(C2CCOCC2)on1)c1ccc(C(F)(F)F)cc1. The minimum Gasteiger partial charge on any atom is -0.381 e. The van der Waals surface area contributed by atoms with Gasteiger partial charge >= 0.3 is 12.2 Å². The zero-order valence-corrected chi connectivity index (χ0v) is 16.3. The van der Waals surface area contributed by atoms with Gasteiger partial charge in [0.25, 0.3) is 0 Å². The first-order valence-electron chi connectivity index (χ1n) is 9.42. The van der Waals surface area contributed by atoms with Crippen LogP contribution < -0.4 is 10.6 Å². The summed E-state index contributed by atoms with van der Waals surface area (Å²) in [5.41, 5.74) is -0.568. The van der Waals surface area contributed by atoms with Crippen molar-refractivity contribution in [1.82, 2.24) is 10.5 Å². The molecule has 29 heavy (non-hydrogen) atoms. The van der Waals surface area contributed by atoms with Crippen LogP contribution in [-0.4, -0.2) is 30.9 Å². The highest BCUT2D eigenvalue weighted by molar-refractivity contribution is 5.88. The van der Waals surface area contributed by atoms with Crippen molar-refractivity contribution in [3.05, 3.63) is 47.2 Å². The standard InChI is InChI=1S/C20H24F3N3O3/c1-19(2,14-3-5-15(6-4-14)20(21,22)23)12-24-18(27)25-17-11-16(29-26-17)13-7-9-28-10-8-13/h3-6,11,13H,7-10,12H2,1-2H3,(H2,24,25,26,27). The number of benzene rings is 1. The predicted octanol–water partition coefficient (Wildman–Crippen LogP) is 4.69. The molecule has 1 aliphatic heterocycles. The van der Waals surface area contributed by atoms with Crippen LogP contribution in [0.2, 0.25) is 0 Å². The lowest BCUT2D eigenvalue weighted by Crippen LogP contribution is -2.39. The minimum atomic E-state index is -4.37. The number of amides is 2. The summed E-state index contributed by atoms with van der Waals surface area (Å²) in [5, 5.41) is 9.22. The van der Waals surface area contributed by atoms with E-state index in [1.54, 1.807) is 6.07 Å². The number of nitrogens with zero attached hydrogens (tertiary/aromatic N) is 1. The molecular formula is C20H24F3N3O3. The van der Waals surface area contributed by atoms with Crippen LogP contribution in [0.15, 0.2) is 34.9 Å². The van der Waals surface area contributed by atoms with Gasteiger partial charge in [-0.15, -0.1) is 0 Å². The lowest BCUT2D eigenvalue weighted by Gasteiger charge is -2.26. The number of aromatic nitrogens is 1. The van der Waals surface area contributed by atoms with Gasteiger partial charge in [0.1, 0.15) is 5.76 Å². The largest absolute Gasteiger partial charge is 0.416 e. The second kappa shape index (κ2) is 8.44. The quantitative estimate of drug-likeness (QED) is 0.749. The van der Waals surface area contributed by atoms with E-state index in [1.807, 2.05) is 13.8 Å². The van der Waals surface area contributed by atoms with E-state index in [0.717, 1.165) is 25.0 Å². The molecule has 1 aromatic heterocycles. The van der Waals surface area contributed by atoms with Gasteiger partial charge in [-0.3, -0.25) is 5.32 Å². The Hall–Kier alpha value is -2.55. The summed E-state index contributed by atoms with van der Waals surface area (Å²) in [6.07, 6.45) is -2.67. The van der Waals surface area contributed by atoms with Crippen molar-refractivity contribution in [2.75, 3.05) is 25.1 Å². The third-order valence-electron chi connectivity index (χ3n) is 5.08. The van der Waals surface area contributed by atoms with Gasteiger partial charge in [-0.05, 0) is 30.5 Å². The van der Waals surface area contributed by atoms with Crippen molar-refractivity contribution >= 4 is 11.8 Å². The lowest BCUT2D eigenvalue weighted by molar-refractivity contribution is -0.137. The summed E-state index contributed by atoms with van der Waals surface area (Å²) in [6.45, 7) is 5.26. The number of nitrogens with one attached hydrogen (secondary N) is 2. The average molecular weight is 411 g/mol. The number of alkyl halides is 3. The summed E-state index contributed by atoms with van der Waals surface area (Å²) < 4.78 is 48.8. The van der Waals surface area contributed by atoms with Crippen LogP contribution in [0.1, 0.15) is 49.5 Å². The fourth-order valence-corrected chi connectivity index (χ4v) is 3.20. The van der Waals surface area contributed by atoms with Crippen molar-refractivity contribution < 1.29 is 27.2 Å². The molecule has 2 N–H and O–H groups in total. The van der Waals surface area contributed by atoms with E-state index in [-0.39, 0.29) is 12.5 Å². The molecule has 2 aromatic rings. The van der Waals surface area contributed by atoms with Crippen LogP contribution in [0, 0.1) is 0 Å². The van der Waals surface area contributed by atoms with Gasteiger partial charge in [-0.1, -0.05) is 31.1 Å². The van der Waals surface area contributed by atoms with E-state index >= 15 is 0 Å². The van der Waals surface area contributed by atoms with Crippen molar-refractivity contribution in [2.24, 2.45) is 0 Å². The molecule has 0 aliphatic carbocycles. The maximum absolute atomic E-state index is 12.7. The maximum Gasteiger partial charge on any atom is 0.416 e. The lowest BCUT2D eigenvalue weighted by atomic mass is 9.84. The molecule has 2 amide bonds. The summed E-state index contributed by atoms with van der Waals surface area (Å²) in [4.78, 5) is 12.2. The molecule has 0 radical (unpaired) electrons. The van der Waals surface area contributed by atoms with Crippen molar-refractivity contribution in [2.45, 2.75) is 44.2 Å². The van der Waals surface area contributed by atoms with Gasteiger partial charge in [-0.2, -0.15) is 13.2 Å². The highest BCUT2D eigenvalue weighted by Crippen LogP contribution is 2.31. The summed E-state index contributed by atoms with van der Waals surface area (Å²) in [6, 6.07) is 6.20. The normalized spacial score (nSPS) is 15.9. The number of halogens is 3. The fraction of sp³-hybridized carbons (Fsp3) is 0.500. The highest BCUT2D eigenvalue weighted by atomic mass is 19.4. The number of urea groups is 1. The summed E-state index contributed by atoms with van der Waals surface area (Å²) in [5.74, 6) is 1.26. The van der Waals surface area contributed by atoms with Gasteiger partial charge < -0.3 is 14.6 Å². The average Bonchev–Trinajstić information content (AvgIpc) is 3.15. The van der Waals surface area contributed by atoms with E-state index < -0.39 is 23.2 Å². The van der Waals surface area contributed by atoms with Crippen molar-refractivity contribution in [3.8, 4) is 0 Å². The molecule has 1 aliphatic rings. The Labute approximate surface area is 166 Å². The first-order chi connectivity index (χ1) is 13.6. The number of anilines is 1. The van der Waals surface area contributed by atoms with Crippen LogP contribution in [-0.2, 0) is 16.3 Å². The molecule has 0 spiro atoms. The summed E-state index contributed by atoms with van der Waals surface area (Å²) >= 11 is 0. The third-order valence-corrected chi connectivity index (χ3v) is 5.08. The van der Waals surface area contributed by atoms with Crippen LogP contribution in [0.25, 0.3) is 0 Å². The molecule has 3 rings (SSSR count). The zero-order chi connectivity index (χ0) is 21.1. The van der Waals surface area contributed by atoms with Crippen LogP contribution in [0.3, 0.4) is 0 Å². The fourth-order valence-electron chi connectivity index (χ4n) is 3.20. The van der Waals surface area contributed by atoms with E-state index in [4.69, 9.17) is 9.26 Å². The van der Waals surface area contributed by atoms with E-state index in [0.29, 0.717) is 30.4 Å². The van der Waals surface area contributed by atoms with Gasteiger partial charge in [0.2, 0.25) is 0 Å². The molecule has 1 saturated heterocycles. The maximum atomic E-state index is 12.7. The second-order valence-electron chi connectivity index (χ2n) is 7.77. The number of hydrogen-bond donors (Lipinski definition) is 2. The molecule has 0 unspecified atom stereocenters. The first-order valence-corrected chi connectivity index (χ1v) is 9.42. The van der Waals surface area contributed by atoms with Crippen molar-refractivity contribution in [3.63, 3.8) is 0 Å². The Morgan fingerprint density at radius 3 is 2.38 bits per heavy atom. The van der Waals surface area contributed by atoms with E-state index in [9.17, 15) is 18.0 Å². The molecule has 2 heterocycles. The second-order valence-corrected chi connectivity index (χ2v) is 7.77. The molecule has 1 fully saturated rings. The van der Waals surface area contributed by atoms with Gasteiger partial charge in [0, 0.05) is 37.2 Å². The van der Waals surface area contributed by atoms with E-state index in [1.165, 1.54) is 12.1 Å². The molecule has 0 atom stereocenters. The van der Waals surface area contributed by atoms with Crippen LogP contribution >= 0.6 is 0 Å². The number of carbonyl (C=O) groups is 1.